The largest absolute Gasteiger partial charge is 0.478 e. The number of rotatable bonds is 3. The van der Waals surface area contributed by atoms with Crippen LogP contribution in [0.25, 0.3) is 0 Å². The average molecular weight is 315 g/mol. The predicted octanol–water partition coefficient (Wildman–Crippen LogP) is 2.12. The summed E-state index contributed by atoms with van der Waals surface area (Å²) in [6.45, 7) is 2.70. The topological polar surface area (TPSA) is 84.7 Å². The third-order valence-electron chi connectivity index (χ3n) is 3.91. The summed E-state index contributed by atoms with van der Waals surface area (Å²) in [5.74, 6) is -1.04. The molecular formula is C16H17N3O4. The molecule has 1 aromatic heterocycles. The standard InChI is InChI=1S/C16H17N3O4/c1-11-8-19-14(13(7-17-19)15(20)21)9-18(11)16(22)23-10-12-5-3-2-4-6-12/h2-7,11H,8-10H2,1H3,(H,20,21). The van der Waals surface area contributed by atoms with Crippen molar-refractivity contribution >= 4 is 12.1 Å². The van der Waals surface area contributed by atoms with Gasteiger partial charge in [0.15, 0.2) is 0 Å². The normalized spacial score (nSPS) is 16.7. The molecule has 0 aliphatic carbocycles. The molecule has 1 aliphatic rings. The van der Waals surface area contributed by atoms with Crippen molar-refractivity contribution in [3.8, 4) is 0 Å². The van der Waals surface area contributed by atoms with Crippen molar-refractivity contribution in [2.45, 2.75) is 32.7 Å². The number of ether oxygens (including phenoxy) is 1. The third kappa shape index (κ3) is 3.03. The summed E-state index contributed by atoms with van der Waals surface area (Å²) >= 11 is 0. The molecule has 120 valence electrons. The number of hydrogen-bond donors (Lipinski definition) is 1. The van der Waals surface area contributed by atoms with Crippen molar-refractivity contribution in [3.05, 3.63) is 53.3 Å². The monoisotopic (exact) mass is 315 g/mol. The molecule has 3 rings (SSSR count). The van der Waals surface area contributed by atoms with Crippen molar-refractivity contribution in [1.29, 1.82) is 0 Å². The zero-order chi connectivity index (χ0) is 16.4. The summed E-state index contributed by atoms with van der Waals surface area (Å²) < 4.78 is 6.97. The average Bonchev–Trinajstić information content (AvgIpc) is 2.95. The van der Waals surface area contributed by atoms with Gasteiger partial charge in [-0.3, -0.25) is 9.58 Å². The van der Waals surface area contributed by atoms with Gasteiger partial charge in [0.25, 0.3) is 0 Å². The van der Waals surface area contributed by atoms with Crippen LogP contribution in [-0.4, -0.2) is 37.9 Å². The molecule has 23 heavy (non-hydrogen) atoms. The molecule has 0 radical (unpaired) electrons. The van der Waals surface area contributed by atoms with Crippen LogP contribution in [0, 0.1) is 0 Å². The second-order valence-corrected chi connectivity index (χ2v) is 5.51. The van der Waals surface area contributed by atoms with E-state index in [9.17, 15) is 14.7 Å². The lowest BCUT2D eigenvalue weighted by Gasteiger charge is -2.33. The predicted molar refractivity (Wildman–Crippen MR) is 80.8 cm³/mol. The Morgan fingerprint density at radius 1 is 1.35 bits per heavy atom. The molecule has 7 heteroatoms. The number of amides is 1. The lowest BCUT2D eigenvalue weighted by molar-refractivity contribution is 0.0631. The third-order valence-corrected chi connectivity index (χ3v) is 3.91. The highest BCUT2D eigenvalue weighted by atomic mass is 16.6. The smallest absolute Gasteiger partial charge is 0.410 e. The molecule has 2 heterocycles. The molecule has 0 fully saturated rings. The van der Waals surface area contributed by atoms with Crippen molar-refractivity contribution in [2.24, 2.45) is 0 Å². The molecule has 1 aliphatic heterocycles. The highest BCUT2D eigenvalue weighted by Crippen LogP contribution is 2.21. The zero-order valence-corrected chi connectivity index (χ0v) is 12.7. The van der Waals surface area contributed by atoms with Gasteiger partial charge in [0, 0.05) is 0 Å². The van der Waals surface area contributed by atoms with E-state index in [1.165, 1.54) is 11.1 Å². The number of carboxylic acids is 1. The first-order valence-electron chi connectivity index (χ1n) is 7.31. The van der Waals surface area contributed by atoms with Crippen LogP contribution < -0.4 is 0 Å². The number of nitrogens with zero attached hydrogens (tertiary/aromatic N) is 3. The first kappa shape index (κ1) is 15.1. The van der Waals surface area contributed by atoms with Gasteiger partial charge in [0.2, 0.25) is 0 Å². The minimum Gasteiger partial charge on any atom is -0.478 e. The highest BCUT2D eigenvalue weighted by molar-refractivity contribution is 5.88. The molecule has 0 saturated carbocycles. The number of benzene rings is 1. The van der Waals surface area contributed by atoms with Crippen LogP contribution in [-0.2, 0) is 24.4 Å². The van der Waals surface area contributed by atoms with E-state index in [4.69, 9.17) is 4.74 Å². The van der Waals surface area contributed by atoms with E-state index in [1.807, 2.05) is 37.3 Å². The Balaban J connectivity index is 1.71. The fraction of sp³-hybridized carbons (Fsp3) is 0.312. The van der Waals surface area contributed by atoms with E-state index in [2.05, 4.69) is 5.10 Å². The van der Waals surface area contributed by atoms with Crippen molar-refractivity contribution in [1.82, 2.24) is 14.7 Å². The number of carbonyl (C=O) groups excluding carboxylic acids is 1. The van der Waals surface area contributed by atoms with E-state index in [0.717, 1.165) is 5.56 Å². The van der Waals surface area contributed by atoms with Crippen LogP contribution in [0.3, 0.4) is 0 Å². The van der Waals surface area contributed by atoms with E-state index in [1.54, 1.807) is 4.68 Å². The summed E-state index contributed by atoms with van der Waals surface area (Å²) in [4.78, 5) is 25.1. The maximum atomic E-state index is 12.3. The summed E-state index contributed by atoms with van der Waals surface area (Å²) in [6, 6.07) is 9.29. The lowest BCUT2D eigenvalue weighted by atomic mass is 10.1. The minimum absolute atomic E-state index is 0.118. The maximum absolute atomic E-state index is 12.3. The molecule has 0 bridgehead atoms. The molecule has 0 spiro atoms. The van der Waals surface area contributed by atoms with Gasteiger partial charge < -0.3 is 9.84 Å². The van der Waals surface area contributed by atoms with E-state index in [0.29, 0.717) is 12.2 Å². The van der Waals surface area contributed by atoms with Gasteiger partial charge in [-0.15, -0.1) is 0 Å². The van der Waals surface area contributed by atoms with Gasteiger partial charge in [-0.1, -0.05) is 30.3 Å². The Bertz CT molecular complexity index is 726. The van der Waals surface area contributed by atoms with Crippen LogP contribution >= 0.6 is 0 Å². The van der Waals surface area contributed by atoms with Crippen LogP contribution in [0.4, 0.5) is 4.79 Å². The summed E-state index contributed by atoms with van der Waals surface area (Å²) in [5, 5.41) is 13.3. The molecule has 1 N–H and O–H groups in total. The van der Waals surface area contributed by atoms with Crippen molar-refractivity contribution < 1.29 is 19.4 Å². The van der Waals surface area contributed by atoms with Gasteiger partial charge in [-0.05, 0) is 12.5 Å². The second kappa shape index (κ2) is 6.12. The van der Waals surface area contributed by atoms with E-state index < -0.39 is 12.1 Å². The second-order valence-electron chi connectivity index (χ2n) is 5.51. The number of aromatic nitrogens is 2. The molecule has 2 aromatic rings. The van der Waals surface area contributed by atoms with Gasteiger partial charge in [-0.2, -0.15) is 5.10 Å². The fourth-order valence-electron chi connectivity index (χ4n) is 2.63. The molecule has 1 unspecified atom stereocenters. The van der Waals surface area contributed by atoms with Gasteiger partial charge >= 0.3 is 12.1 Å². The van der Waals surface area contributed by atoms with Crippen molar-refractivity contribution in [2.75, 3.05) is 0 Å². The Kier molecular flexibility index (Phi) is 4.01. The van der Waals surface area contributed by atoms with E-state index in [-0.39, 0.29) is 24.8 Å². The van der Waals surface area contributed by atoms with Gasteiger partial charge in [-0.25, -0.2) is 9.59 Å². The number of carbonyl (C=O) groups is 2. The van der Waals surface area contributed by atoms with Gasteiger partial charge in [0.1, 0.15) is 12.2 Å². The Hall–Kier alpha value is -2.83. The minimum atomic E-state index is -1.04. The highest BCUT2D eigenvalue weighted by Gasteiger charge is 2.31. The molecule has 1 atom stereocenters. The SMILES string of the molecule is CC1Cn2ncc(C(=O)O)c2CN1C(=O)OCc1ccccc1. The quantitative estimate of drug-likeness (QED) is 0.938. The Morgan fingerprint density at radius 3 is 2.78 bits per heavy atom. The summed E-state index contributed by atoms with van der Waals surface area (Å²) in [7, 11) is 0. The number of aromatic carboxylic acids is 1. The first-order chi connectivity index (χ1) is 11.1. The molecule has 7 nitrogen and oxygen atoms in total. The number of fused-ring (bicyclic) bond motifs is 1. The summed E-state index contributed by atoms with van der Waals surface area (Å²) in [5.41, 5.74) is 1.55. The van der Waals surface area contributed by atoms with Crippen LogP contribution in [0.15, 0.2) is 36.5 Å². The lowest BCUT2D eigenvalue weighted by Crippen LogP contribution is -2.45. The number of carboxylic acid groups (broad SMARTS) is 1. The molecule has 1 amide bonds. The fourth-order valence-corrected chi connectivity index (χ4v) is 2.63. The van der Waals surface area contributed by atoms with Crippen LogP contribution in [0.5, 0.6) is 0 Å². The molecule has 0 saturated heterocycles. The molecular weight excluding hydrogens is 298 g/mol. The zero-order valence-electron chi connectivity index (χ0n) is 12.7. The first-order valence-corrected chi connectivity index (χ1v) is 7.31. The van der Waals surface area contributed by atoms with Crippen molar-refractivity contribution in [3.63, 3.8) is 0 Å². The Labute approximate surface area is 133 Å². The number of hydrogen-bond acceptors (Lipinski definition) is 4. The van der Waals surface area contributed by atoms with Crippen LogP contribution in [0.1, 0.15) is 28.5 Å². The van der Waals surface area contributed by atoms with Crippen LogP contribution in [0.2, 0.25) is 0 Å². The maximum Gasteiger partial charge on any atom is 0.410 e. The summed E-state index contributed by atoms with van der Waals surface area (Å²) in [6.07, 6.45) is 0.869. The Morgan fingerprint density at radius 2 is 2.09 bits per heavy atom. The molecule has 1 aromatic carbocycles. The van der Waals surface area contributed by atoms with Gasteiger partial charge in [0.05, 0.1) is 31.0 Å². The van der Waals surface area contributed by atoms with E-state index >= 15 is 0 Å².